The van der Waals surface area contributed by atoms with Crippen LogP contribution in [-0.2, 0) is 10.2 Å². The number of anilines is 1. The third-order valence-corrected chi connectivity index (χ3v) is 3.26. The van der Waals surface area contributed by atoms with Crippen LogP contribution < -0.4 is 5.32 Å². The molecule has 0 bridgehead atoms. The highest BCUT2D eigenvalue weighted by Crippen LogP contribution is 2.40. The van der Waals surface area contributed by atoms with Gasteiger partial charge in [0, 0.05) is 11.6 Å². The Labute approximate surface area is 93.5 Å². The molecule has 0 unspecified atom stereocenters. The van der Waals surface area contributed by atoms with E-state index in [2.05, 4.69) is 10.3 Å². The van der Waals surface area contributed by atoms with Crippen molar-refractivity contribution in [2.75, 3.05) is 5.32 Å². The average molecular weight is 212 g/mol. The monoisotopic (exact) mass is 212 g/mol. The van der Waals surface area contributed by atoms with Crippen LogP contribution in [0.25, 0.3) is 10.9 Å². The second-order valence-electron chi connectivity index (χ2n) is 4.64. The van der Waals surface area contributed by atoms with Gasteiger partial charge in [0.1, 0.15) is 0 Å². The number of carbonyl (C=O) groups is 1. The molecule has 3 heteroatoms. The zero-order valence-corrected chi connectivity index (χ0v) is 9.24. The normalized spacial score (nSPS) is 17.2. The minimum absolute atomic E-state index is 0.0545. The number of pyridine rings is 1. The van der Waals surface area contributed by atoms with Crippen molar-refractivity contribution in [1.29, 1.82) is 0 Å². The van der Waals surface area contributed by atoms with Gasteiger partial charge in [-0.05, 0) is 37.6 Å². The topological polar surface area (TPSA) is 42.0 Å². The third-order valence-electron chi connectivity index (χ3n) is 3.26. The van der Waals surface area contributed by atoms with Crippen molar-refractivity contribution in [1.82, 2.24) is 4.98 Å². The zero-order valence-electron chi connectivity index (χ0n) is 9.24. The molecule has 0 spiro atoms. The molecule has 0 saturated heterocycles. The van der Waals surface area contributed by atoms with E-state index in [1.165, 1.54) is 0 Å². The predicted molar refractivity (Wildman–Crippen MR) is 63.4 cm³/mol. The fourth-order valence-electron chi connectivity index (χ4n) is 2.20. The molecule has 0 radical (unpaired) electrons. The van der Waals surface area contributed by atoms with E-state index >= 15 is 0 Å². The Morgan fingerprint density at radius 3 is 2.88 bits per heavy atom. The summed E-state index contributed by atoms with van der Waals surface area (Å²) in [6.45, 7) is 3.88. The fourth-order valence-corrected chi connectivity index (χ4v) is 2.20. The predicted octanol–water partition coefficient (Wildman–Crippen LogP) is 2.46. The maximum atomic E-state index is 11.9. The summed E-state index contributed by atoms with van der Waals surface area (Å²) in [4.78, 5) is 16.1. The number of fused-ring (bicyclic) bond motifs is 3. The van der Waals surface area contributed by atoms with E-state index in [9.17, 15) is 4.79 Å². The van der Waals surface area contributed by atoms with Crippen LogP contribution in [0.3, 0.4) is 0 Å². The van der Waals surface area contributed by atoms with E-state index in [1.807, 2.05) is 38.1 Å². The highest BCUT2D eigenvalue weighted by atomic mass is 16.2. The lowest BCUT2D eigenvalue weighted by Gasteiger charge is -2.14. The van der Waals surface area contributed by atoms with Gasteiger partial charge in [-0.2, -0.15) is 0 Å². The number of aromatic nitrogens is 1. The second kappa shape index (κ2) is 2.82. The van der Waals surface area contributed by atoms with Gasteiger partial charge < -0.3 is 5.32 Å². The number of carbonyl (C=O) groups excluding carboxylic acids is 1. The van der Waals surface area contributed by atoms with Crippen molar-refractivity contribution < 1.29 is 4.79 Å². The van der Waals surface area contributed by atoms with E-state index < -0.39 is 5.41 Å². The highest BCUT2D eigenvalue weighted by molar-refractivity contribution is 6.12. The number of nitrogens with one attached hydrogen (secondary N) is 1. The summed E-state index contributed by atoms with van der Waals surface area (Å²) >= 11 is 0. The molecule has 1 aromatic heterocycles. The van der Waals surface area contributed by atoms with Crippen molar-refractivity contribution in [3.8, 4) is 0 Å². The molecular weight excluding hydrogens is 200 g/mol. The summed E-state index contributed by atoms with van der Waals surface area (Å²) in [5.74, 6) is 0.0545. The molecular formula is C13H12N2O. The first kappa shape index (κ1) is 9.33. The third kappa shape index (κ3) is 1.03. The summed E-state index contributed by atoms with van der Waals surface area (Å²) in [5, 5.41) is 3.96. The summed E-state index contributed by atoms with van der Waals surface area (Å²) in [5.41, 5.74) is 2.44. The number of hydrogen-bond donors (Lipinski definition) is 1. The first-order valence-corrected chi connectivity index (χ1v) is 5.30. The van der Waals surface area contributed by atoms with Gasteiger partial charge in [-0.25, -0.2) is 0 Å². The van der Waals surface area contributed by atoms with E-state index in [1.54, 1.807) is 6.20 Å². The molecule has 2 aromatic rings. The van der Waals surface area contributed by atoms with Crippen LogP contribution in [-0.4, -0.2) is 10.9 Å². The lowest BCUT2D eigenvalue weighted by Crippen LogP contribution is -2.26. The van der Waals surface area contributed by atoms with Crippen LogP contribution in [0, 0.1) is 0 Å². The molecule has 1 aromatic carbocycles. The minimum Gasteiger partial charge on any atom is -0.324 e. The smallest absolute Gasteiger partial charge is 0.234 e. The maximum Gasteiger partial charge on any atom is 0.234 e. The summed E-state index contributed by atoms with van der Waals surface area (Å²) in [6, 6.07) is 7.84. The first-order chi connectivity index (χ1) is 7.60. The van der Waals surface area contributed by atoms with E-state index in [0.29, 0.717) is 0 Å². The van der Waals surface area contributed by atoms with E-state index in [-0.39, 0.29) is 5.91 Å². The van der Waals surface area contributed by atoms with Gasteiger partial charge in [-0.15, -0.1) is 0 Å². The molecule has 0 saturated carbocycles. The number of rotatable bonds is 0. The Balaban J connectivity index is 2.40. The molecule has 2 heterocycles. The minimum atomic E-state index is -0.445. The average Bonchev–Trinajstić information content (AvgIpc) is 2.51. The Morgan fingerprint density at radius 2 is 2.06 bits per heavy atom. The molecule has 0 aliphatic carbocycles. The molecule has 0 fully saturated rings. The van der Waals surface area contributed by atoms with Crippen LogP contribution >= 0.6 is 0 Å². The molecule has 1 N–H and O–H groups in total. The van der Waals surface area contributed by atoms with Gasteiger partial charge in [0.25, 0.3) is 0 Å². The fraction of sp³-hybridized carbons (Fsp3) is 0.231. The first-order valence-electron chi connectivity index (χ1n) is 5.30. The zero-order chi connectivity index (χ0) is 11.3. The number of amides is 1. The molecule has 3 rings (SSSR count). The van der Waals surface area contributed by atoms with Crippen LogP contribution in [0.2, 0.25) is 0 Å². The van der Waals surface area contributed by atoms with Crippen molar-refractivity contribution in [3.63, 3.8) is 0 Å². The Hall–Kier alpha value is -1.90. The maximum absolute atomic E-state index is 11.9. The number of hydrogen-bond acceptors (Lipinski definition) is 2. The standard InChI is InChI=1S/C13H12N2O/c1-13(2)9-5-6-10-8(4-3-7-14-10)11(9)15-12(13)16/h3-7H,1-2H3,(H,15,16). The number of benzene rings is 1. The van der Waals surface area contributed by atoms with Crippen molar-refractivity contribution >= 4 is 22.5 Å². The molecule has 1 amide bonds. The van der Waals surface area contributed by atoms with E-state index in [0.717, 1.165) is 22.2 Å². The van der Waals surface area contributed by atoms with Gasteiger partial charge in [0.05, 0.1) is 16.6 Å². The SMILES string of the molecule is CC1(C)C(=O)Nc2c1ccc1ncccc21. The van der Waals surface area contributed by atoms with Gasteiger partial charge in [-0.1, -0.05) is 6.07 Å². The summed E-state index contributed by atoms with van der Waals surface area (Å²) < 4.78 is 0. The summed E-state index contributed by atoms with van der Waals surface area (Å²) in [6.07, 6.45) is 1.76. The lowest BCUT2D eigenvalue weighted by atomic mass is 9.85. The molecule has 0 atom stereocenters. The second-order valence-corrected chi connectivity index (χ2v) is 4.64. The van der Waals surface area contributed by atoms with Crippen LogP contribution in [0.4, 0.5) is 5.69 Å². The Morgan fingerprint density at radius 1 is 1.25 bits per heavy atom. The Kier molecular flexibility index (Phi) is 1.64. The van der Waals surface area contributed by atoms with Crippen molar-refractivity contribution in [3.05, 3.63) is 36.0 Å². The van der Waals surface area contributed by atoms with Gasteiger partial charge >= 0.3 is 0 Å². The van der Waals surface area contributed by atoms with Gasteiger partial charge in [0.15, 0.2) is 0 Å². The van der Waals surface area contributed by atoms with E-state index in [4.69, 9.17) is 0 Å². The number of nitrogens with zero attached hydrogens (tertiary/aromatic N) is 1. The van der Waals surface area contributed by atoms with Crippen LogP contribution in [0.1, 0.15) is 19.4 Å². The summed E-state index contributed by atoms with van der Waals surface area (Å²) in [7, 11) is 0. The highest BCUT2D eigenvalue weighted by Gasteiger charge is 2.38. The molecule has 16 heavy (non-hydrogen) atoms. The molecule has 80 valence electrons. The van der Waals surface area contributed by atoms with Crippen LogP contribution in [0.15, 0.2) is 30.5 Å². The Bertz CT molecular complexity index is 602. The largest absolute Gasteiger partial charge is 0.324 e. The quantitative estimate of drug-likeness (QED) is 0.728. The molecule has 1 aliphatic heterocycles. The lowest BCUT2D eigenvalue weighted by molar-refractivity contribution is -0.119. The molecule has 3 nitrogen and oxygen atoms in total. The van der Waals surface area contributed by atoms with Gasteiger partial charge in [0.2, 0.25) is 5.91 Å². The van der Waals surface area contributed by atoms with Crippen molar-refractivity contribution in [2.45, 2.75) is 19.3 Å². The van der Waals surface area contributed by atoms with Crippen LogP contribution in [0.5, 0.6) is 0 Å². The molecule has 1 aliphatic rings. The van der Waals surface area contributed by atoms with Crippen molar-refractivity contribution in [2.24, 2.45) is 0 Å². The van der Waals surface area contributed by atoms with Gasteiger partial charge in [-0.3, -0.25) is 9.78 Å².